The van der Waals surface area contributed by atoms with Crippen molar-refractivity contribution in [2.45, 2.75) is 18.7 Å². The molecule has 5 heteroatoms. The number of aryl methyl sites for hydroxylation is 1. The van der Waals surface area contributed by atoms with Crippen LogP contribution < -0.4 is 5.32 Å². The van der Waals surface area contributed by atoms with Gasteiger partial charge in [0.15, 0.2) is 0 Å². The summed E-state index contributed by atoms with van der Waals surface area (Å²) < 4.78 is 29.6. The predicted octanol–water partition coefficient (Wildman–Crippen LogP) is 1.47. The molecular formula is C10H17NO3S. The summed E-state index contributed by atoms with van der Waals surface area (Å²) >= 11 is 0. The van der Waals surface area contributed by atoms with E-state index in [1.54, 1.807) is 12.1 Å². The zero-order chi connectivity index (χ0) is 11.9. The fraction of sp³-hybridized carbons (Fsp3) is 0.400. The molecule has 0 atom stereocenters. The highest BCUT2D eigenvalue weighted by atomic mass is 32.2. The van der Waals surface area contributed by atoms with Gasteiger partial charge in [0.25, 0.3) is 10.1 Å². The Kier molecular flexibility index (Phi) is 6.15. The van der Waals surface area contributed by atoms with E-state index < -0.39 is 10.1 Å². The van der Waals surface area contributed by atoms with Crippen LogP contribution in [0, 0.1) is 6.92 Å². The molecule has 0 amide bonds. The Morgan fingerprint density at radius 1 is 1.27 bits per heavy atom. The van der Waals surface area contributed by atoms with Crippen LogP contribution in [0.25, 0.3) is 0 Å². The maximum Gasteiger partial charge on any atom is 0.294 e. The van der Waals surface area contributed by atoms with E-state index >= 15 is 0 Å². The van der Waals surface area contributed by atoms with Crippen LogP contribution in [0.1, 0.15) is 12.5 Å². The Hall–Kier alpha value is -0.910. The maximum atomic E-state index is 10.5. The van der Waals surface area contributed by atoms with Gasteiger partial charge in [0.05, 0.1) is 4.90 Å². The summed E-state index contributed by atoms with van der Waals surface area (Å²) in [5.74, 6) is 0. The number of rotatable bonds is 2. The molecule has 0 aliphatic heterocycles. The van der Waals surface area contributed by atoms with E-state index in [2.05, 4.69) is 12.2 Å². The van der Waals surface area contributed by atoms with Crippen LogP contribution in [0.2, 0.25) is 0 Å². The summed E-state index contributed by atoms with van der Waals surface area (Å²) in [6, 6.07) is 5.99. The summed E-state index contributed by atoms with van der Waals surface area (Å²) in [7, 11) is -2.09. The van der Waals surface area contributed by atoms with Crippen molar-refractivity contribution in [2.75, 3.05) is 13.6 Å². The van der Waals surface area contributed by atoms with Crippen molar-refractivity contribution in [3.63, 3.8) is 0 Å². The van der Waals surface area contributed by atoms with Crippen molar-refractivity contribution in [1.29, 1.82) is 0 Å². The highest BCUT2D eigenvalue weighted by Gasteiger charge is 2.06. The molecule has 0 spiro atoms. The lowest BCUT2D eigenvalue weighted by Gasteiger charge is -1.95. The second-order valence-electron chi connectivity index (χ2n) is 3.00. The van der Waals surface area contributed by atoms with Gasteiger partial charge in [-0.2, -0.15) is 8.42 Å². The van der Waals surface area contributed by atoms with E-state index in [1.165, 1.54) is 12.1 Å². The molecule has 0 aliphatic rings. The van der Waals surface area contributed by atoms with Crippen molar-refractivity contribution in [3.8, 4) is 0 Å². The van der Waals surface area contributed by atoms with Gasteiger partial charge >= 0.3 is 0 Å². The lowest BCUT2D eigenvalue weighted by molar-refractivity contribution is 0.483. The smallest absolute Gasteiger partial charge is 0.294 e. The summed E-state index contributed by atoms with van der Waals surface area (Å²) in [5.41, 5.74) is 0.956. The molecular weight excluding hydrogens is 214 g/mol. The van der Waals surface area contributed by atoms with Crippen LogP contribution in [0.4, 0.5) is 0 Å². The van der Waals surface area contributed by atoms with Gasteiger partial charge in [-0.3, -0.25) is 4.55 Å². The molecule has 1 aromatic carbocycles. The second-order valence-corrected chi connectivity index (χ2v) is 4.42. The Morgan fingerprint density at radius 3 is 1.93 bits per heavy atom. The van der Waals surface area contributed by atoms with E-state index in [0.717, 1.165) is 12.1 Å². The lowest BCUT2D eigenvalue weighted by Crippen LogP contribution is -2.01. The molecule has 0 unspecified atom stereocenters. The molecule has 15 heavy (non-hydrogen) atoms. The van der Waals surface area contributed by atoms with Gasteiger partial charge in [-0.1, -0.05) is 24.6 Å². The second kappa shape index (κ2) is 6.55. The van der Waals surface area contributed by atoms with Crippen LogP contribution in [0.15, 0.2) is 29.2 Å². The topological polar surface area (TPSA) is 66.4 Å². The molecule has 0 radical (unpaired) electrons. The normalized spacial score (nSPS) is 10.4. The van der Waals surface area contributed by atoms with E-state index in [4.69, 9.17) is 4.55 Å². The molecule has 1 aromatic rings. The van der Waals surface area contributed by atoms with Gasteiger partial charge < -0.3 is 5.32 Å². The maximum absolute atomic E-state index is 10.5. The highest BCUT2D eigenvalue weighted by molar-refractivity contribution is 7.85. The van der Waals surface area contributed by atoms with Gasteiger partial charge in [-0.15, -0.1) is 0 Å². The monoisotopic (exact) mass is 231 g/mol. The molecule has 1 rings (SSSR count). The minimum Gasteiger partial charge on any atom is -0.320 e. The Bertz CT molecular complexity index is 368. The molecule has 0 fully saturated rings. The van der Waals surface area contributed by atoms with Gasteiger partial charge in [-0.25, -0.2) is 0 Å². The van der Waals surface area contributed by atoms with Crippen LogP contribution >= 0.6 is 0 Å². The van der Waals surface area contributed by atoms with Crippen LogP contribution in [0.5, 0.6) is 0 Å². The fourth-order valence-electron chi connectivity index (χ4n) is 0.710. The first-order valence-corrected chi connectivity index (χ1v) is 6.04. The average molecular weight is 231 g/mol. The molecule has 86 valence electrons. The Balaban J connectivity index is 0.000000423. The van der Waals surface area contributed by atoms with E-state index in [-0.39, 0.29) is 4.90 Å². The minimum atomic E-state index is -4.02. The molecule has 0 bridgehead atoms. The number of benzene rings is 1. The third-order valence-corrected chi connectivity index (χ3v) is 2.54. The van der Waals surface area contributed by atoms with Crippen molar-refractivity contribution in [2.24, 2.45) is 0 Å². The van der Waals surface area contributed by atoms with E-state index in [0.29, 0.717) is 0 Å². The lowest BCUT2D eigenvalue weighted by atomic mass is 10.2. The number of nitrogens with one attached hydrogen (secondary N) is 1. The molecule has 0 heterocycles. The van der Waals surface area contributed by atoms with Crippen molar-refractivity contribution in [3.05, 3.63) is 29.8 Å². The summed E-state index contributed by atoms with van der Waals surface area (Å²) in [5, 5.41) is 2.93. The van der Waals surface area contributed by atoms with Gasteiger partial charge in [-0.05, 0) is 32.6 Å². The largest absolute Gasteiger partial charge is 0.320 e. The van der Waals surface area contributed by atoms with Gasteiger partial charge in [0.2, 0.25) is 0 Å². The zero-order valence-corrected chi connectivity index (χ0v) is 10.0. The van der Waals surface area contributed by atoms with Crippen LogP contribution in [-0.2, 0) is 10.1 Å². The average Bonchev–Trinajstić information content (AvgIpc) is 2.17. The molecule has 0 saturated heterocycles. The van der Waals surface area contributed by atoms with Crippen LogP contribution in [-0.4, -0.2) is 26.6 Å². The molecule has 4 nitrogen and oxygen atoms in total. The molecule has 0 saturated carbocycles. The van der Waals surface area contributed by atoms with E-state index in [1.807, 2.05) is 14.0 Å². The van der Waals surface area contributed by atoms with E-state index in [9.17, 15) is 8.42 Å². The first-order chi connectivity index (χ1) is 6.91. The number of hydrogen-bond acceptors (Lipinski definition) is 3. The Morgan fingerprint density at radius 2 is 1.67 bits per heavy atom. The quantitative estimate of drug-likeness (QED) is 0.756. The third kappa shape index (κ3) is 6.22. The minimum absolute atomic E-state index is 0.0666. The Labute approximate surface area is 91.1 Å². The summed E-state index contributed by atoms with van der Waals surface area (Å²) in [6.45, 7) is 4.98. The van der Waals surface area contributed by atoms with Crippen molar-refractivity contribution in [1.82, 2.24) is 5.32 Å². The van der Waals surface area contributed by atoms with Crippen LogP contribution in [0.3, 0.4) is 0 Å². The molecule has 2 N–H and O–H groups in total. The third-order valence-electron chi connectivity index (χ3n) is 1.67. The highest BCUT2D eigenvalue weighted by Crippen LogP contribution is 2.08. The summed E-state index contributed by atoms with van der Waals surface area (Å²) in [4.78, 5) is -0.0666. The van der Waals surface area contributed by atoms with Crippen molar-refractivity contribution < 1.29 is 13.0 Å². The SMILES string of the molecule is CCNC.Cc1ccc(S(=O)(=O)O)cc1. The zero-order valence-electron chi connectivity index (χ0n) is 9.19. The van der Waals surface area contributed by atoms with Gasteiger partial charge in [0.1, 0.15) is 0 Å². The summed E-state index contributed by atoms with van der Waals surface area (Å²) in [6.07, 6.45) is 0. The van der Waals surface area contributed by atoms with Gasteiger partial charge in [0, 0.05) is 0 Å². The fourth-order valence-corrected chi connectivity index (χ4v) is 1.19. The first kappa shape index (κ1) is 14.1. The first-order valence-electron chi connectivity index (χ1n) is 4.60. The molecule has 0 aliphatic carbocycles. The predicted molar refractivity (Wildman–Crippen MR) is 60.6 cm³/mol. The van der Waals surface area contributed by atoms with Crippen molar-refractivity contribution >= 4 is 10.1 Å². The molecule has 0 aromatic heterocycles. The standard InChI is InChI=1S/C7H8O3S.C3H9N/c1-6-2-4-7(5-3-6)11(8,9)10;1-3-4-2/h2-5H,1H3,(H,8,9,10);4H,3H2,1-2H3. The number of hydrogen-bond donors (Lipinski definition) is 2.